The lowest BCUT2D eigenvalue weighted by Gasteiger charge is -2.35. The minimum atomic E-state index is -0.191. The van der Waals surface area contributed by atoms with E-state index in [0.717, 1.165) is 38.3 Å². The van der Waals surface area contributed by atoms with Gasteiger partial charge in [0.15, 0.2) is 0 Å². The van der Waals surface area contributed by atoms with Crippen molar-refractivity contribution < 1.29 is 9.59 Å². The summed E-state index contributed by atoms with van der Waals surface area (Å²) in [5, 5.41) is 2.42. The van der Waals surface area contributed by atoms with E-state index >= 15 is 0 Å². The molecule has 0 aromatic heterocycles. The van der Waals surface area contributed by atoms with Gasteiger partial charge in [-0.15, -0.1) is 0 Å². The third kappa shape index (κ3) is 3.14. The van der Waals surface area contributed by atoms with E-state index in [0.29, 0.717) is 12.8 Å². The van der Waals surface area contributed by atoms with Crippen LogP contribution in [0.1, 0.15) is 31.2 Å². The Labute approximate surface area is 131 Å². The van der Waals surface area contributed by atoms with Crippen LogP contribution >= 0.6 is 0 Å². The molecule has 2 aliphatic heterocycles. The van der Waals surface area contributed by atoms with Crippen LogP contribution in [0.15, 0.2) is 24.3 Å². The van der Waals surface area contributed by atoms with E-state index in [4.69, 9.17) is 0 Å². The summed E-state index contributed by atoms with van der Waals surface area (Å²) in [6.45, 7) is 7.61. The predicted octanol–water partition coefficient (Wildman–Crippen LogP) is 1.35. The van der Waals surface area contributed by atoms with Crippen molar-refractivity contribution in [3.8, 4) is 0 Å². The molecule has 2 fully saturated rings. The number of piperazine rings is 1. The summed E-state index contributed by atoms with van der Waals surface area (Å²) in [5.41, 5.74) is 2.22. The van der Waals surface area contributed by atoms with Gasteiger partial charge in [0.1, 0.15) is 0 Å². The largest absolute Gasteiger partial charge is 0.369 e. The lowest BCUT2D eigenvalue weighted by molar-refractivity contribution is -0.134. The second kappa shape index (κ2) is 6.48. The standard InChI is InChI=1S/C17H23N3O2/c1-2-19-9-11-20(12-10-19)14-5-3-13(4-6-14)15-7-8-16(21)18-17(15)22/h3-6,15H,2,7-12H2,1H3,(H,18,21,22). The molecule has 0 bridgehead atoms. The third-order valence-electron chi connectivity index (χ3n) is 4.72. The maximum atomic E-state index is 11.9. The molecule has 2 saturated heterocycles. The molecule has 3 rings (SSSR count). The Morgan fingerprint density at radius 3 is 2.36 bits per heavy atom. The van der Waals surface area contributed by atoms with Gasteiger partial charge in [0.2, 0.25) is 11.8 Å². The molecule has 1 unspecified atom stereocenters. The molecule has 0 aliphatic carbocycles. The van der Waals surface area contributed by atoms with Crippen molar-refractivity contribution in [1.82, 2.24) is 10.2 Å². The zero-order valence-electron chi connectivity index (χ0n) is 13.0. The molecule has 1 aromatic rings. The molecule has 0 radical (unpaired) electrons. The monoisotopic (exact) mass is 301 g/mol. The van der Waals surface area contributed by atoms with Gasteiger partial charge in [0, 0.05) is 38.3 Å². The number of rotatable bonds is 3. The number of piperidine rings is 1. The molecule has 0 saturated carbocycles. The van der Waals surface area contributed by atoms with Crippen LogP contribution < -0.4 is 10.2 Å². The molecular weight excluding hydrogens is 278 g/mol. The van der Waals surface area contributed by atoms with Gasteiger partial charge >= 0.3 is 0 Å². The van der Waals surface area contributed by atoms with Gasteiger partial charge in [0.25, 0.3) is 0 Å². The zero-order chi connectivity index (χ0) is 15.5. The summed E-state index contributed by atoms with van der Waals surface area (Å²) in [6.07, 6.45) is 1.04. The van der Waals surface area contributed by atoms with Gasteiger partial charge in [-0.05, 0) is 30.7 Å². The highest BCUT2D eigenvalue weighted by Crippen LogP contribution is 2.27. The Morgan fingerprint density at radius 2 is 1.77 bits per heavy atom. The number of nitrogens with one attached hydrogen (secondary N) is 1. The van der Waals surface area contributed by atoms with E-state index in [1.54, 1.807) is 0 Å². The normalized spacial score (nSPS) is 23.5. The van der Waals surface area contributed by atoms with Crippen LogP contribution in [0.4, 0.5) is 5.69 Å². The summed E-state index contributed by atoms with van der Waals surface area (Å²) >= 11 is 0. The van der Waals surface area contributed by atoms with Crippen LogP contribution in [0.2, 0.25) is 0 Å². The maximum absolute atomic E-state index is 11.9. The van der Waals surface area contributed by atoms with Gasteiger partial charge in [-0.25, -0.2) is 0 Å². The number of benzene rings is 1. The Balaban J connectivity index is 1.65. The molecule has 1 atom stereocenters. The number of hydrogen-bond acceptors (Lipinski definition) is 4. The van der Waals surface area contributed by atoms with Crippen molar-refractivity contribution in [2.24, 2.45) is 0 Å². The topological polar surface area (TPSA) is 52.6 Å². The van der Waals surface area contributed by atoms with Gasteiger partial charge < -0.3 is 9.80 Å². The fraction of sp³-hybridized carbons (Fsp3) is 0.529. The van der Waals surface area contributed by atoms with Crippen molar-refractivity contribution in [2.75, 3.05) is 37.6 Å². The average molecular weight is 301 g/mol. The zero-order valence-corrected chi connectivity index (χ0v) is 13.0. The number of anilines is 1. The van der Waals surface area contributed by atoms with Crippen molar-refractivity contribution in [1.29, 1.82) is 0 Å². The van der Waals surface area contributed by atoms with Gasteiger partial charge in [-0.3, -0.25) is 14.9 Å². The maximum Gasteiger partial charge on any atom is 0.234 e. The van der Waals surface area contributed by atoms with Crippen LogP contribution in [0, 0.1) is 0 Å². The number of carbonyl (C=O) groups excluding carboxylic acids is 2. The molecule has 1 aromatic carbocycles. The Hall–Kier alpha value is -1.88. The number of carbonyl (C=O) groups is 2. The first-order valence-electron chi connectivity index (χ1n) is 8.08. The van der Waals surface area contributed by atoms with Crippen molar-refractivity contribution in [2.45, 2.75) is 25.7 Å². The minimum Gasteiger partial charge on any atom is -0.369 e. The molecule has 22 heavy (non-hydrogen) atoms. The first kappa shape index (κ1) is 15.0. The van der Waals surface area contributed by atoms with Crippen molar-refractivity contribution in [3.05, 3.63) is 29.8 Å². The summed E-state index contributed by atoms with van der Waals surface area (Å²) in [7, 11) is 0. The molecule has 118 valence electrons. The summed E-state index contributed by atoms with van der Waals surface area (Å²) in [6, 6.07) is 8.25. The van der Waals surface area contributed by atoms with E-state index in [1.807, 2.05) is 12.1 Å². The summed E-state index contributed by atoms with van der Waals surface area (Å²) in [4.78, 5) is 28.0. The number of likely N-dealkylation sites (N-methyl/N-ethyl adjacent to an activating group) is 1. The van der Waals surface area contributed by atoms with Gasteiger partial charge in [0.05, 0.1) is 5.92 Å². The second-order valence-electron chi connectivity index (χ2n) is 6.02. The molecular formula is C17H23N3O2. The van der Waals surface area contributed by atoms with Crippen LogP contribution in [-0.4, -0.2) is 49.4 Å². The van der Waals surface area contributed by atoms with E-state index < -0.39 is 0 Å². The number of imide groups is 1. The minimum absolute atomic E-state index is 0.160. The Bertz CT molecular complexity index is 548. The van der Waals surface area contributed by atoms with E-state index in [-0.39, 0.29) is 17.7 Å². The molecule has 5 nitrogen and oxygen atoms in total. The molecule has 0 spiro atoms. The van der Waals surface area contributed by atoms with Crippen LogP contribution in [0.5, 0.6) is 0 Å². The highest BCUT2D eigenvalue weighted by atomic mass is 16.2. The molecule has 1 N–H and O–H groups in total. The van der Waals surface area contributed by atoms with Crippen LogP contribution in [-0.2, 0) is 9.59 Å². The molecule has 2 amide bonds. The summed E-state index contributed by atoms with van der Waals surface area (Å²) < 4.78 is 0. The van der Waals surface area contributed by atoms with E-state index in [9.17, 15) is 9.59 Å². The Kier molecular flexibility index (Phi) is 4.43. The fourth-order valence-electron chi connectivity index (χ4n) is 3.25. The molecule has 2 heterocycles. The highest BCUT2D eigenvalue weighted by Gasteiger charge is 2.28. The van der Waals surface area contributed by atoms with E-state index in [1.165, 1.54) is 5.69 Å². The average Bonchev–Trinajstić information content (AvgIpc) is 2.55. The first-order valence-corrected chi connectivity index (χ1v) is 8.08. The fourth-order valence-corrected chi connectivity index (χ4v) is 3.25. The quantitative estimate of drug-likeness (QED) is 0.856. The highest BCUT2D eigenvalue weighted by molar-refractivity contribution is 6.00. The van der Waals surface area contributed by atoms with Crippen molar-refractivity contribution >= 4 is 17.5 Å². The molecule has 5 heteroatoms. The SMILES string of the molecule is CCN1CCN(c2ccc(C3CCC(=O)NC3=O)cc2)CC1. The number of nitrogens with zero attached hydrogens (tertiary/aromatic N) is 2. The van der Waals surface area contributed by atoms with Crippen LogP contribution in [0.3, 0.4) is 0 Å². The third-order valence-corrected chi connectivity index (χ3v) is 4.72. The van der Waals surface area contributed by atoms with Crippen molar-refractivity contribution in [3.63, 3.8) is 0 Å². The van der Waals surface area contributed by atoms with Gasteiger partial charge in [-0.2, -0.15) is 0 Å². The Morgan fingerprint density at radius 1 is 1.09 bits per heavy atom. The van der Waals surface area contributed by atoms with E-state index in [2.05, 4.69) is 34.2 Å². The lowest BCUT2D eigenvalue weighted by Crippen LogP contribution is -2.46. The predicted molar refractivity (Wildman–Crippen MR) is 85.9 cm³/mol. The first-order chi connectivity index (χ1) is 10.7. The second-order valence-corrected chi connectivity index (χ2v) is 6.02. The molecule has 2 aliphatic rings. The smallest absolute Gasteiger partial charge is 0.234 e. The number of amides is 2. The van der Waals surface area contributed by atoms with Crippen LogP contribution in [0.25, 0.3) is 0 Å². The number of hydrogen-bond donors (Lipinski definition) is 1. The van der Waals surface area contributed by atoms with Gasteiger partial charge in [-0.1, -0.05) is 19.1 Å². The summed E-state index contributed by atoms with van der Waals surface area (Å²) in [5.74, 6) is -0.518. The lowest BCUT2D eigenvalue weighted by atomic mass is 9.90.